The monoisotopic (exact) mass is 262 g/mol. The fourth-order valence-corrected chi connectivity index (χ4v) is 1.38. The number of aromatic nitrogens is 2. The van der Waals surface area contributed by atoms with E-state index in [1.807, 2.05) is 44.2 Å². The Hall–Kier alpha value is -1.61. The van der Waals surface area contributed by atoms with Gasteiger partial charge in [-0.15, -0.1) is 0 Å². The molecule has 0 saturated heterocycles. The second kappa shape index (κ2) is 10.3. The average molecular weight is 262 g/mol. The van der Waals surface area contributed by atoms with Crippen LogP contribution in [0.25, 0.3) is 11.3 Å². The average Bonchev–Trinajstić information content (AvgIpc) is 2.96. The summed E-state index contributed by atoms with van der Waals surface area (Å²) in [6, 6.07) is 9.68. The van der Waals surface area contributed by atoms with Crippen LogP contribution in [0.4, 0.5) is 0 Å². The first-order valence-electron chi connectivity index (χ1n) is 6.96. The number of hydrogen-bond acceptors (Lipinski definition) is 2. The van der Waals surface area contributed by atoms with Crippen molar-refractivity contribution in [3.63, 3.8) is 0 Å². The predicted octanol–water partition coefficient (Wildman–Crippen LogP) is 4.57. The van der Waals surface area contributed by atoms with Gasteiger partial charge < -0.3 is 5.11 Å². The SMILES string of the molecule is CC.CC(O)c1cccc(-c2ccn[nH]2)c1.CCC. The maximum absolute atomic E-state index is 9.42. The van der Waals surface area contributed by atoms with Crippen molar-refractivity contribution in [1.29, 1.82) is 0 Å². The fraction of sp³-hybridized carbons (Fsp3) is 0.438. The molecule has 3 nitrogen and oxygen atoms in total. The Morgan fingerprint density at radius 3 is 2.32 bits per heavy atom. The van der Waals surface area contributed by atoms with Gasteiger partial charge in [0.05, 0.1) is 11.8 Å². The Bertz CT molecular complexity index is 422. The molecule has 2 rings (SSSR count). The lowest BCUT2D eigenvalue weighted by Crippen LogP contribution is -1.90. The quantitative estimate of drug-likeness (QED) is 0.832. The van der Waals surface area contributed by atoms with Crippen molar-refractivity contribution in [3.05, 3.63) is 42.1 Å². The minimum absolute atomic E-state index is 0.433. The number of aliphatic hydroxyl groups is 1. The predicted molar refractivity (Wildman–Crippen MR) is 82.0 cm³/mol. The summed E-state index contributed by atoms with van der Waals surface area (Å²) in [4.78, 5) is 0. The third-order valence-electron chi connectivity index (χ3n) is 2.18. The molecule has 1 heterocycles. The summed E-state index contributed by atoms with van der Waals surface area (Å²) in [5.74, 6) is 0. The Morgan fingerprint density at radius 2 is 1.84 bits per heavy atom. The van der Waals surface area contributed by atoms with E-state index in [4.69, 9.17) is 0 Å². The van der Waals surface area contributed by atoms with Crippen LogP contribution < -0.4 is 0 Å². The van der Waals surface area contributed by atoms with Crippen LogP contribution in [0.5, 0.6) is 0 Å². The molecule has 2 aromatic rings. The van der Waals surface area contributed by atoms with Gasteiger partial charge >= 0.3 is 0 Å². The number of aliphatic hydroxyl groups excluding tert-OH is 1. The maximum atomic E-state index is 9.42. The molecule has 1 unspecified atom stereocenters. The van der Waals surface area contributed by atoms with Gasteiger partial charge in [-0.2, -0.15) is 5.10 Å². The van der Waals surface area contributed by atoms with E-state index in [1.165, 1.54) is 6.42 Å². The third kappa shape index (κ3) is 6.20. The van der Waals surface area contributed by atoms with Crippen LogP contribution in [0.2, 0.25) is 0 Å². The van der Waals surface area contributed by atoms with Gasteiger partial charge in [0.25, 0.3) is 0 Å². The van der Waals surface area contributed by atoms with E-state index in [-0.39, 0.29) is 0 Å². The van der Waals surface area contributed by atoms with E-state index in [1.54, 1.807) is 13.1 Å². The maximum Gasteiger partial charge on any atom is 0.0762 e. The summed E-state index contributed by atoms with van der Waals surface area (Å²) >= 11 is 0. The van der Waals surface area contributed by atoms with Crippen LogP contribution in [-0.4, -0.2) is 15.3 Å². The van der Waals surface area contributed by atoms with E-state index < -0.39 is 6.10 Å². The van der Waals surface area contributed by atoms with Crippen LogP contribution in [0.15, 0.2) is 36.5 Å². The van der Waals surface area contributed by atoms with E-state index in [0.29, 0.717) is 0 Å². The zero-order valence-corrected chi connectivity index (χ0v) is 12.6. The molecule has 1 atom stereocenters. The lowest BCUT2D eigenvalue weighted by Gasteiger charge is -2.05. The van der Waals surface area contributed by atoms with Gasteiger partial charge in [0.15, 0.2) is 0 Å². The van der Waals surface area contributed by atoms with Crippen LogP contribution >= 0.6 is 0 Å². The van der Waals surface area contributed by atoms with E-state index in [0.717, 1.165) is 16.8 Å². The molecule has 19 heavy (non-hydrogen) atoms. The number of aromatic amines is 1. The minimum Gasteiger partial charge on any atom is -0.389 e. The molecule has 0 fully saturated rings. The van der Waals surface area contributed by atoms with Crippen molar-refractivity contribution >= 4 is 0 Å². The van der Waals surface area contributed by atoms with Crippen LogP contribution in [0, 0.1) is 0 Å². The van der Waals surface area contributed by atoms with E-state index >= 15 is 0 Å². The lowest BCUT2D eigenvalue weighted by molar-refractivity contribution is 0.199. The largest absolute Gasteiger partial charge is 0.389 e. The van der Waals surface area contributed by atoms with Gasteiger partial charge in [-0.25, -0.2) is 0 Å². The number of benzene rings is 1. The molecule has 3 heteroatoms. The highest BCUT2D eigenvalue weighted by atomic mass is 16.3. The van der Waals surface area contributed by atoms with Crippen LogP contribution in [-0.2, 0) is 0 Å². The first-order chi connectivity index (χ1) is 9.19. The highest BCUT2D eigenvalue weighted by Gasteiger charge is 2.03. The van der Waals surface area contributed by atoms with Gasteiger partial charge in [0.2, 0.25) is 0 Å². The Labute approximate surface area is 116 Å². The van der Waals surface area contributed by atoms with Crippen molar-refractivity contribution in [3.8, 4) is 11.3 Å². The molecule has 0 spiro atoms. The van der Waals surface area contributed by atoms with Crippen molar-refractivity contribution < 1.29 is 5.11 Å². The molecular formula is C16H26N2O. The summed E-state index contributed by atoms with van der Waals surface area (Å²) < 4.78 is 0. The summed E-state index contributed by atoms with van der Waals surface area (Å²) in [5.41, 5.74) is 2.92. The molecule has 0 aliphatic rings. The summed E-state index contributed by atoms with van der Waals surface area (Å²) in [5, 5.41) is 16.2. The molecule has 0 saturated carbocycles. The first-order valence-corrected chi connectivity index (χ1v) is 6.96. The highest BCUT2D eigenvalue weighted by molar-refractivity contribution is 5.59. The van der Waals surface area contributed by atoms with Gasteiger partial charge in [-0.3, -0.25) is 5.10 Å². The molecular weight excluding hydrogens is 236 g/mol. The number of nitrogens with zero attached hydrogens (tertiary/aromatic N) is 1. The van der Waals surface area contributed by atoms with E-state index in [2.05, 4.69) is 24.0 Å². The molecule has 106 valence electrons. The molecule has 0 radical (unpaired) electrons. The Morgan fingerprint density at radius 1 is 1.21 bits per heavy atom. The van der Waals surface area contributed by atoms with Crippen molar-refractivity contribution in [2.45, 2.75) is 47.1 Å². The summed E-state index contributed by atoms with van der Waals surface area (Å²) in [6.45, 7) is 10.0. The van der Waals surface area contributed by atoms with Crippen LogP contribution in [0.3, 0.4) is 0 Å². The molecule has 2 N–H and O–H groups in total. The first kappa shape index (κ1) is 17.4. The molecule has 1 aromatic heterocycles. The van der Waals surface area contributed by atoms with E-state index in [9.17, 15) is 5.11 Å². The topological polar surface area (TPSA) is 48.9 Å². The van der Waals surface area contributed by atoms with Crippen molar-refractivity contribution in [2.75, 3.05) is 0 Å². The molecule has 0 bridgehead atoms. The van der Waals surface area contributed by atoms with Gasteiger partial charge in [0, 0.05) is 6.20 Å². The second-order valence-electron chi connectivity index (χ2n) is 3.98. The number of hydrogen-bond donors (Lipinski definition) is 2. The lowest BCUT2D eigenvalue weighted by atomic mass is 10.1. The van der Waals surface area contributed by atoms with Gasteiger partial charge in [-0.05, 0) is 30.2 Å². The summed E-state index contributed by atoms with van der Waals surface area (Å²) in [6.07, 6.45) is 2.53. The second-order valence-corrected chi connectivity index (χ2v) is 3.98. The van der Waals surface area contributed by atoms with Gasteiger partial charge in [0.1, 0.15) is 0 Å². The standard InChI is InChI=1S/C11H12N2O.C3H8.C2H6/c1-8(14)9-3-2-4-10(7-9)11-5-6-12-13-11;1-3-2;1-2/h2-8,14H,1H3,(H,12,13);3H2,1-2H3;1-2H3. The smallest absolute Gasteiger partial charge is 0.0762 e. The third-order valence-corrected chi connectivity index (χ3v) is 2.18. The Balaban J connectivity index is 0.000000573. The molecule has 1 aromatic carbocycles. The highest BCUT2D eigenvalue weighted by Crippen LogP contribution is 2.20. The number of nitrogens with one attached hydrogen (secondary N) is 1. The van der Waals surface area contributed by atoms with Crippen molar-refractivity contribution in [2.24, 2.45) is 0 Å². The molecule has 0 aliphatic heterocycles. The normalized spacial score (nSPS) is 10.6. The van der Waals surface area contributed by atoms with Crippen molar-refractivity contribution in [1.82, 2.24) is 10.2 Å². The zero-order chi connectivity index (χ0) is 14.7. The zero-order valence-electron chi connectivity index (χ0n) is 12.6. The number of H-pyrrole nitrogens is 1. The molecule has 0 aliphatic carbocycles. The van der Waals surface area contributed by atoms with Crippen LogP contribution in [0.1, 0.15) is 52.7 Å². The fourth-order valence-electron chi connectivity index (χ4n) is 1.38. The van der Waals surface area contributed by atoms with Gasteiger partial charge in [-0.1, -0.05) is 52.3 Å². The minimum atomic E-state index is -0.433. The summed E-state index contributed by atoms with van der Waals surface area (Å²) in [7, 11) is 0. The number of rotatable bonds is 2. The molecule has 0 amide bonds. The Kier molecular flexibility index (Phi) is 9.45.